The molecular weight excluding hydrogens is 423 g/mol. The van der Waals surface area contributed by atoms with Crippen molar-refractivity contribution in [1.82, 2.24) is 25.0 Å². The Hall–Kier alpha value is -2.58. The summed E-state index contributed by atoms with van der Waals surface area (Å²) in [6.07, 6.45) is 8.19. The lowest BCUT2D eigenvalue weighted by atomic mass is 10.1. The Morgan fingerprint density at radius 1 is 1.22 bits per heavy atom. The Bertz CT molecular complexity index is 1040. The normalized spacial score (nSPS) is 22.9. The molecule has 0 spiro atoms. The summed E-state index contributed by atoms with van der Waals surface area (Å²) >= 11 is 1.76. The summed E-state index contributed by atoms with van der Waals surface area (Å²) in [7, 11) is 2.02. The minimum absolute atomic E-state index is 0.167. The number of nitrogens with one attached hydrogen (secondary N) is 1. The van der Waals surface area contributed by atoms with Crippen LogP contribution in [0, 0.1) is 11.7 Å². The Morgan fingerprint density at radius 2 is 2.06 bits per heavy atom. The number of benzene rings is 1. The molecule has 32 heavy (non-hydrogen) atoms. The highest BCUT2D eigenvalue weighted by Crippen LogP contribution is 2.35. The number of halogens is 1. The van der Waals surface area contributed by atoms with Crippen molar-refractivity contribution in [3.8, 4) is 0 Å². The van der Waals surface area contributed by atoms with Gasteiger partial charge in [0, 0.05) is 61.6 Å². The van der Waals surface area contributed by atoms with Crippen molar-refractivity contribution < 1.29 is 4.39 Å². The second-order valence-corrected chi connectivity index (χ2v) is 9.78. The number of hydrogen-bond donors (Lipinski definition) is 1. The van der Waals surface area contributed by atoms with Crippen LogP contribution in [0.5, 0.6) is 0 Å². The monoisotopic (exact) mass is 452 g/mol. The number of anilines is 1. The van der Waals surface area contributed by atoms with Gasteiger partial charge in [-0.3, -0.25) is 0 Å². The number of dihydropyridines is 1. The number of allylic oxidation sites excluding steroid dienone is 3. The predicted octanol–water partition coefficient (Wildman–Crippen LogP) is 3.66. The number of aromatic nitrogens is 3. The zero-order valence-electron chi connectivity index (χ0n) is 18.4. The van der Waals surface area contributed by atoms with Gasteiger partial charge in [-0.05, 0) is 61.7 Å². The van der Waals surface area contributed by atoms with Crippen LogP contribution in [0.4, 0.5) is 10.1 Å². The molecule has 1 N–H and O–H groups in total. The van der Waals surface area contributed by atoms with Crippen molar-refractivity contribution in [2.24, 2.45) is 13.0 Å². The van der Waals surface area contributed by atoms with Gasteiger partial charge in [-0.25, -0.2) is 4.39 Å². The number of rotatable bonds is 7. The summed E-state index contributed by atoms with van der Waals surface area (Å²) in [5.74, 6) is 2.43. The Kier molecular flexibility index (Phi) is 6.06. The maximum absolute atomic E-state index is 13.3. The molecule has 1 aromatic heterocycles. The molecule has 6 nitrogen and oxygen atoms in total. The molecule has 4 heterocycles. The maximum atomic E-state index is 13.3. The van der Waals surface area contributed by atoms with E-state index in [-0.39, 0.29) is 5.82 Å². The van der Waals surface area contributed by atoms with Gasteiger partial charge in [0.15, 0.2) is 11.0 Å². The van der Waals surface area contributed by atoms with Crippen molar-refractivity contribution in [3.63, 3.8) is 0 Å². The van der Waals surface area contributed by atoms with Crippen LogP contribution in [0.15, 0.2) is 60.0 Å². The van der Waals surface area contributed by atoms with E-state index in [9.17, 15) is 4.39 Å². The third-order valence-corrected chi connectivity index (χ3v) is 7.69. The maximum Gasteiger partial charge on any atom is 0.191 e. The molecule has 0 radical (unpaired) electrons. The summed E-state index contributed by atoms with van der Waals surface area (Å²) in [5.41, 5.74) is 3.02. The van der Waals surface area contributed by atoms with E-state index < -0.39 is 0 Å². The lowest BCUT2D eigenvalue weighted by Gasteiger charge is -2.27. The van der Waals surface area contributed by atoms with E-state index in [2.05, 4.69) is 36.5 Å². The zero-order chi connectivity index (χ0) is 22.1. The molecule has 0 bridgehead atoms. The van der Waals surface area contributed by atoms with Crippen LogP contribution in [0.25, 0.3) is 5.57 Å². The van der Waals surface area contributed by atoms with Gasteiger partial charge in [0.05, 0.1) is 0 Å². The van der Waals surface area contributed by atoms with E-state index in [1.165, 1.54) is 13.0 Å². The van der Waals surface area contributed by atoms with Gasteiger partial charge in [0.1, 0.15) is 5.82 Å². The van der Waals surface area contributed by atoms with Gasteiger partial charge in [-0.2, -0.15) is 0 Å². The molecule has 3 aliphatic rings. The predicted molar refractivity (Wildman–Crippen MR) is 128 cm³/mol. The van der Waals surface area contributed by atoms with E-state index in [0.29, 0.717) is 6.04 Å². The molecule has 0 saturated carbocycles. The summed E-state index contributed by atoms with van der Waals surface area (Å²) in [6.45, 7) is 8.39. The number of nitrogens with zero attached hydrogens (tertiary/aromatic N) is 5. The third kappa shape index (κ3) is 4.34. The first-order chi connectivity index (χ1) is 15.6. The summed E-state index contributed by atoms with van der Waals surface area (Å²) in [6, 6.07) is 7.52. The van der Waals surface area contributed by atoms with Crippen LogP contribution in [0.2, 0.25) is 0 Å². The van der Waals surface area contributed by atoms with Crippen LogP contribution in [-0.2, 0) is 7.05 Å². The first-order valence-corrected chi connectivity index (χ1v) is 12.2. The SMILES string of the molecule is C=C1C=C(c2nnc(SCCCN3CC4CCN(c5ccc(F)cc5)C4C3)n2C)C=CN1. The fourth-order valence-electron chi connectivity index (χ4n) is 4.98. The van der Waals surface area contributed by atoms with Crippen molar-refractivity contribution in [3.05, 3.63) is 66.5 Å². The van der Waals surface area contributed by atoms with E-state index in [0.717, 1.165) is 65.7 Å². The van der Waals surface area contributed by atoms with Gasteiger partial charge < -0.3 is 19.7 Å². The van der Waals surface area contributed by atoms with E-state index in [4.69, 9.17) is 0 Å². The highest BCUT2D eigenvalue weighted by molar-refractivity contribution is 7.99. The van der Waals surface area contributed by atoms with Crippen LogP contribution in [0.3, 0.4) is 0 Å². The van der Waals surface area contributed by atoms with Crippen molar-refractivity contribution >= 4 is 23.0 Å². The van der Waals surface area contributed by atoms with Gasteiger partial charge in [0.2, 0.25) is 0 Å². The Labute approximate surface area is 192 Å². The molecule has 2 fully saturated rings. The molecule has 5 rings (SSSR count). The molecule has 2 atom stereocenters. The van der Waals surface area contributed by atoms with Crippen LogP contribution < -0.4 is 10.2 Å². The summed E-state index contributed by atoms with van der Waals surface area (Å²) in [5, 5.41) is 12.8. The standard InChI is InChI=1S/C24H29FN6S/c1-17-14-18(8-10-26-17)23-27-28-24(29(23)2)32-13-3-11-30-15-19-9-12-31(22(19)16-30)21-6-4-20(25)5-7-21/h4-8,10,14,19,22,26H,1,3,9,11-13,15-16H2,2H3. The van der Waals surface area contributed by atoms with E-state index in [1.54, 1.807) is 23.9 Å². The topological polar surface area (TPSA) is 49.2 Å². The molecule has 2 unspecified atom stereocenters. The number of fused-ring (bicyclic) bond motifs is 1. The Balaban J connectivity index is 1.11. The molecule has 0 aliphatic carbocycles. The molecule has 168 valence electrons. The van der Waals surface area contributed by atoms with Gasteiger partial charge in [-0.1, -0.05) is 18.3 Å². The van der Waals surface area contributed by atoms with Crippen molar-refractivity contribution in [2.75, 3.05) is 36.8 Å². The van der Waals surface area contributed by atoms with Gasteiger partial charge in [-0.15, -0.1) is 10.2 Å². The Morgan fingerprint density at radius 3 is 2.88 bits per heavy atom. The second kappa shape index (κ2) is 9.11. The summed E-state index contributed by atoms with van der Waals surface area (Å²) < 4.78 is 15.3. The quantitative estimate of drug-likeness (QED) is 0.511. The smallest absolute Gasteiger partial charge is 0.191 e. The van der Waals surface area contributed by atoms with E-state index in [1.807, 2.05) is 37.5 Å². The van der Waals surface area contributed by atoms with Crippen molar-refractivity contribution in [2.45, 2.75) is 24.0 Å². The molecule has 2 saturated heterocycles. The summed E-state index contributed by atoms with van der Waals surface area (Å²) in [4.78, 5) is 5.06. The van der Waals surface area contributed by atoms with Gasteiger partial charge in [0.25, 0.3) is 0 Å². The molecule has 1 aromatic carbocycles. The average molecular weight is 453 g/mol. The molecule has 3 aliphatic heterocycles. The fraction of sp³-hybridized carbons (Fsp3) is 0.417. The minimum atomic E-state index is -0.167. The largest absolute Gasteiger partial charge is 0.367 e. The van der Waals surface area contributed by atoms with Crippen LogP contribution >= 0.6 is 11.8 Å². The minimum Gasteiger partial charge on any atom is -0.367 e. The first-order valence-electron chi connectivity index (χ1n) is 11.2. The number of hydrogen-bond acceptors (Lipinski definition) is 6. The van der Waals surface area contributed by atoms with Gasteiger partial charge >= 0.3 is 0 Å². The highest BCUT2D eigenvalue weighted by atomic mass is 32.2. The zero-order valence-corrected chi connectivity index (χ0v) is 19.2. The lowest BCUT2D eigenvalue weighted by Crippen LogP contribution is -2.35. The van der Waals surface area contributed by atoms with Crippen LogP contribution in [-0.4, -0.2) is 57.6 Å². The van der Waals surface area contributed by atoms with Crippen LogP contribution in [0.1, 0.15) is 18.7 Å². The fourth-order valence-corrected chi connectivity index (χ4v) is 5.82. The highest BCUT2D eigenvalue weighted by Gasteiger charge is 2.40. The first kappa shape index (κ1) is 21.3. The van der Waals surface area contributed by atoms with Crippen molar-refractivity contribution in [1.29, 1.82) is 0 Å². The molecular formula is C24H29FN6S. The molecule has 0 amide bonds. The number of likely N-dealkylation sites (tertiary alicyclic amines) is 1. The number of thioether (sulfide) groups is 1. The lowest BCUT2D eigenvalue weighted by molar-refractivity contribution is 0.319. The molecule has 2 aromatic rings. The second-order valence-electron chi connectivity index (χ2n) is 8.72. The average Bonchev–Trinajstić information content (AvgIpc) is 3.46. The molecule has 8 heteroatoms. The third-order valence-electron chi connectivity index (χ3n) is 6.59. The van der Waals surface area contributed by atoms with E-state index >= 15 is 0 Å².